The van der Waals surface area contributed by atoms with E-state index in [9.17, 15) is 4.79 Å². The SMILES string of the molecule is Cc1ccc(-n2c(SCc3ccccc3)nc3sc(C)c(C)c3c2=O)cc1. The van der Waals surface area contributed by atoms with Crippen LogP contribution in [0.3, 0.4) is 0 Å². The molecule has 2 heterocycles. The van der Waals surface area contributed by atoms with Crippen molar-refractivity contribution in [3.05, 3.63) is 86.5 Å². The van der Waals surface area contributed by atoms with Gasteiger partial charge in [0.2, 0.25) is 0 Å². The molecule has 4 rings (SSSR count). The first-order valence-corrected chi connectivity index (χ1v) is 10.6. The first kappa shape index (κ1) is 18.0. The topological polar surface area (TPSA) is 34.9 Å². The van der Waals surface area contributed by atoms with Gasteiger partial charge in [-0.15, -0.1) is 11.3 Å². The molecule has 0 aliphatic carbocycles. The largest absolute Gasteiger partial charge is 0.268 e. The normalized spacial score (nSPS) is 11.2. The highest BCUT2D eigenvalue weighted by atomic mass is 32.2. The Kier molecular flexibility index (Phi) is 4.89. The monoisotopic (exact) mass is 392 g/mol. The number of thioether (sulfide) groups is 1. The molecule has 0 unspecified atom stereocenters. The molecular formula is C22H20N2OS2. The molecule has 0 spiro atoms. The van der Waals surface area contributed by atoms with Gasteiger partial charge >= 0.3 is 0 Å². The molecule has 0 amide bonds. The fraction of sp³-hybridized carbons (Fsp3) is 0.182. The minimum absolute atomic E-state index is 0.0151. The van der Waals surface area contributed by atoms with Crippen LogP contribution in [0.1, 0.15) is 21.6 Å². The minimum Gasteiger partial charge on any atom is -0.268 e. The molecule has 0 aliphatic rings. The Morgan fingerprint density at radius 2 is 1.70 bits per heavy atom. The van der Waals surface area contributed by atoms with Crippen LogP contribution < -0.4 is 5.56 Å². The van der Waals surface area contributed by atoms with Crippen molar-refractivity contribution in [3.8, 4) is 5.69 Å². The lowest BCUT2D eigenvalue weighted by Gasteiger charge is -2.12. The van der Waals surface area contributed by atoms with Crippen LogP contribution >= 0.6 is 23.1 Å². The van der Waals surface area contributed by atoms with Crippen molar-refractivity contribution in [1.29, 1.82) is 0 Å². The zero-order valence-corrected chi connectivity index (χ0v) is 17.2. The molecule has 3 nitrogen and oxygen atoms in total. The highest BCUT2D eigenvalue weighted by molar-refractivity contribution is 7.98. The second-order valence-electron chi connectivity index (χ2n) is 6.61. The van der Waals surface area contributed by atoms with Crippen molar-refractivity contribution >= 4 is 33.3 Å². The van der Waals surface area contributed by atoms with Crippen molar-refractivity contribution in [3.63, 3.8) is 0 Å². The van der Waals surface area contributed by atoms with Gasteiger partial charge in [-0.05, 0) is 44.0 Å². The number of aromatic nitrogens is 2. The average molecular weight is 393 g/mol. The predicted molar refractivity (Wildman–Crippen MR) is 115 cm³/mol. The van der Waals surface area contributed by atoms with Gasteiger partial charge in [0.15, 0.2) is 5.16 Å². The molecular weight excluding hydrogens is 372 g/mol. The van der Waals surface area contributed by atoms with Gasteiger partial charge in [0.1, 0.15) is 4.83 Å². The Balaban J connectivity index is 1.88. The maximum atomic E-state index is 13.4. The van der Waals surface area contributed by atoms with E-state index in [1.165, 1.54) is 11.1 Å². The summed E-state index contributed by atoms with van der Waals surface area (Å²) in [6, 6.07) is 18.3. The van der Waals surface area contributed by atoms with Crippen molar-refractivity contribution < 1.29 is 0 Å². The van der Waals surface area contributed by atoms with Gasteiger partial charge in [-0.2, -0.15) is 0 Å². The zero-order valence-electron chi connectivity index (χ0n) is 15.5. The van der Waals surface area contributed by atoms with E-state index in [1.807, 2.05) is 63.2 Å². The van der Waals surface area contributed by atoms with Crippen molar-refractivity contribution in [2.24, 2.45) is 0 Å². The van der Waals surface area contributed by atoms with E-state index >= 15 is 0 Å². The minimum atomic E-state index is 0.0151. The van der Waals surface area contributed by atoms with Crippen LogP contribution in [0.2, 0.25) is 0 Å². The molecule has 5 heteroatoms. The molecule has 0 saturated carbocycles. The van der Waals surface area contributed by atoms with E-state index in [1.54, 1.807) is 27.7 Å². The van der Waals surface area contributed by atoms with Gasteiger partial charge in [-0.1, -0.05) is 59.8 Å². The first-order valence-electron chi connectivity index (χ1n) is 8.81. The van der Waals surface area contributed by atoms with Crippen LogP contribution in [0.4, 0.5) is 0 Å². The zero-order chi connectivity index (χ0) is 19.0. The quantitative estimate of drug-likeness (QED) is 0.332. The van der Waals surface area contributed by atoms with Gasteiger partial charge in [-0.3, -0.25) is 9.36 Å². The number of aryl methyl sites for hydroxylation is 3. The molecule has 136 valence electrons. The Morgan fingerprint density at radius 1 is 1.00 bits per heavy atom. The van der Waals surface area contributed by atoms with Crippen LogP contribution in [0, 0.1) is 20.8 Å². The summed E-state index contributed by atoms with van der Waals surface area (Å²) in [5.41, 5.74) is 4.29. The molecule has 0 N–H and O–H groups in total. The highest BCUT2D eigenvalue weighted by Gasteiger charge is 2.18. The summed E-state index contributed by atoms with van der Waals surface area (Å²) < 4.78 is 1.76. The lowest BCUT2D eigenvalue weighted by molar-refractivity contribution is 0.821. The molecule has 2 aromatic carbocycles. The fourth-order valence-electron chi connectivity index (χ4n) is 3.02. The lowest BCUT2D eigenvalue weighted by atomic mass is 10.2. The summed E-state index contributed by atoms with van der Waals surface area (Å²) in [5.74, 6) is 0.772. The summed E-state index contributed by atoms with van der Waals surface area (Å²) in [6.07, 6.45) is 0. The predicted octanol–water partition coefficient (Wildman–Crippen LogP) is 5.66. The highest BCUT2D eigenvalue weighted by Crippen LogP contribution is 2.30. The molecule has 0 radical (unpaired) electrons. The standard InChI is InChI=1S/C22H20N2OS2/c1-14-9-11-18(12-10-14)24-21(25)19-15(2)16(3)27-20(19)23-22(24)26-13-17-7-5-4-6-8-17/h4-12H,13H2,1-3H3. The number of hydrogen-bond acceptors (Lipinski definition) is 4. The molecule has 0 saturated heterocycles. The number of nitrogens with zero attached hydrogens (tertiary/aromatic N) is 2. The Labute approximate surface area is 166 Å². The molecule has 2 aromatic heterocycles. The summed E-state index contributed by atoms with van der Waals surface area (Å²) in [4.78, 5) is 20.2. The van der Waals surface area contributed by atoms with Crippen molar-refractivity contribution in [2.75, 3.05) is 0 Å². The third-order valence-electron chi connectivity index (χ3n) is 4.68. The van der Waals surface area contributed by atoms with Gasteiger partial charge in [-0.25, -0.2) is 4.98 Å². The van der Waals surface area contributed by atoms with Gasteiger partial charge in [0.25, 0.3) is 5.56 Å². The van der Waals surface area contributed by atoms with E-state index in [2.05, 4.69) is 12.1 Å². The van der Waals surface area contributed by atoms with Gasteiger partial charge in [0, 0.05) is 10.6 Å². The second-order valence-corrected chi connectivity index (χ2v) is 8.75. The number of rotatable bonds is 4. The average Bonchev–Trinajstić information content (AvgIpc) is 2.96. The molecule has 0 aliphatic heterocycles. The smallest absolute Gasteiger partial charge is 0.267 e. The van der Waals surface area contributed by atoms with Crippen molar-refractivity contribution in [1.82, 2.24) is 9.55 Å². The van der Waals surface area contributed by atoms with Crippen molar-refractivity contribution in [2.45, 2.75) is 31.7 Å². The maximum Gasteiger partial charge on any atom is 0.267 e. The van der Waals surface area contributed by atoms with Crippen LogP contribution in [0.5, 0.6) is 0 Å². The molecule has 0 fully saturated rings. The number of fused-ring (bicyclic) bond motifs is 1. The van der Waals surface area contributed by atoms with E-state index < -0.39 is 0 Å². The summed E-state index contributed by atoms with van der Waals surface area (Å²) in [6.45, 7) is 6.10. The first-order chi connectivity index (χ1) is 13.0. The number of hydrogen-bond donors (Lipinski definition) is 0. The third kappa shape index (κ3) is 3.45. The number of thiophene rings is 1. The van der Waals surface area contributed by atoms with E-state index in [-0.39, 0.29) is 5.56 Å². The van der Waals surface area contributed by atoms with Crippen LogP contribution in [0.25, 0.3) is 15.9 Å². The van der Waals surface area contributed by atoms with E-state index in [0.29, 0.717) is 0 Å². The van der Waals surface area contributed by atoms with E-state index in [0.717, 1.165) is 37.3 Å². The molecule has 27 heavy (non-hydrogen) atoms. The fourth-order valence-corrected chi connectivity index (χ4v) is 5.05. The van der Waals surface area contributed by atoms with Crippen LogP contribution in [-0.4, -0.2) is 9.55 Å². The Morgan fingerprint density at radius 3 is 2.41 bits per heavy atom. The third-order valence-corrected chi connectivity index (χ3v) is 6.79. The number of benzene rings is 2. The molecule has 0 bridgehead atoms. The maximum absolute atomic E-state index is 13.4. The van der Waals surface area contributed by atoms with Crippen LogP contribution in [-0.2, 0) is 5.75 Å². The lowest BCUT2D eigenvalue weighted by Crippen LogP contribution is -2.21. The van der Waals surface area contributed by atoms with Gasteiger partial charge < -0.3 is 0 Å². The Bertz CT molecular complexity index is 1160. The summed E-state index contributed by atoms with van der Waals surface area (Å²) in [7, 11) is 0. The second kappa shape index (κ2) is 7.33. The summed E-state index contributed by atoms with van der Waals surface area (Å²) in [5, 5.41) is 1.48. The van der Waals surface area contributed by atoms with E-state index in [4.69, 9.17) is 4.98 Å². The summed E-state index contributed by atoms with van der Waals surface area (Å²) >= 11 is 3.20. The Hall–Kier alpha value is -2.37. The molecule has 0 atom stereocenters. The molecule has 4 aromatic rings. The van der Waals surface area contributed by atoms with Gasteiger partial charge in [0.05, 0.1) is 11.1 Å². The van der Waals surface area contributed by atoms with Crippen LogP contribution in [0.15, 0.2) is 64.5 Å².